The van der Waals surface area contributed by atoms with Crippen LogP contribution in [0.1, 0.15) is 50.5 Å². The number of carbonyl (C=O) groups is 2. The average molecular weight is 513 g/mol. The third-order valence-electron chi connectivity index (χ3n) is 7.16. The van der Waals surface area contributed by atoms with E-state index in [1.807, 2.05) is 0 Å². The third-order valence-corrected chi connectivity index (χ3v) is 9.84. The Balaban J connectivity index is 1.29. The van der Waals surface area contributed by atoms with Gasteiger partial charge >= 0.3 is 0 Å². The molecular weight excluding hydrogens is 484 g/mol. The van der Waals surface area contributed by atoms with Crippen LogP contribution < -0.4 is 5.32 Å². The Labute approximate surface area is 209 Å². The minimum Gasteiger partial charge on any atom is -0.379 e. The molecule has 2 fully saturated rings. The number of carbonyl (C=O) groups excluding carboxylic acids is 2. The molecule has 3 heterocycles. The molecule has 1 N–H and O–H groups in total. The smallest absolute Gasteiger partial charge is 0.272 e. The van der Waals surface area contributed by atoms with Crippen LogP contribution >= 0.6 is 0 Å². The number of ether oxygens (including phenoxy) is 1. The topological polar surface area (TPSA) is 138 Å². The molecule has 1 aromatic heterocycles. The molecule has 0 unspecified atom stereocenters. The Bertz CT molecular complexity index is 1330. The van der Waals surface area contributed by atoms with Crippen molar-refractivity contribution in [3.63, 3.8) is 0 Å². The molecule has 12 heteroatoms. The van der Waals surface area contributed by atoms with Crippen LogP contribution in [0.3, 0.4) is 0 Å². The summed E-state index contributed by atoms with van der Waals surface area (Å²) in [7, 11) is -1.93. The van der Waals surface area contributed by atoms with Gasteiger partial charge in [-0.2, -0.15) is 14.7 Å². The van der Waals surface area contributed by atoms with Gasteiger partial charge in [0.05, 0.1) is 24.8 Å². The first-order chi connectivity index (χ1) is 17.3. The molecule has 0 atom stereocenters. The Morgan fingerprint density at radius 1 is 1.19 bits per heavy atom. The van der Waals surface area contributed by atoms with Crippen molar-refractivity contribution in [2.75, 3.05) is 39.4 Å². The summed E-state index contributed by atoms with van der Waals surface area (Å²) in [4.78, 5) is 27.9. The van der Waals surface area contributed by atoms with Crippen molar-refractivity contribution in [3.8, 4) is 6.07 Å². The highest BCUT2D eigenvalue weighted by atomic mass is 32.2. The lowest BCUT2D eigenvalue weighted by molar-refractivity contribution is 0.0692. The number of hydrogen-bond acceptors (Lipinski definition) is 7. The zero-order valence-corrected chi connectivity index (χ0v) is 20.9. The number of rotatable bonds is 7. The Morgan fingerprint density at radius 2 is 1.89 bits per heavy atom. The largest absolute Gasteiger partial charge is 0.379 e. The van der Waals surface area contributed by atoms with E-state index in [1.165, 1.54) is 8.99 Å². The van der Waals surface area contributed by atoms with Gasteiger partial charge in [-0.1, -0.05) is 12.1 Å². The molecule has 2 amide bonds. The van der Waals surface area contributed by atoms with Gasteiger partial charge in [-0.05, 0) is 37.0 Å². The van der Waals surface area contributed by atoms with Gasteiger partial charge in [-0.3, -0.25) is 14.3 Å². The molecule has 36 heavy (non-hydrogen) atoms. The molecule has 0 bridgehead atoms. The fourth-order valence-corrected chi connectivity index (χ4v) is 7.03. The van der Waals surface area contributed by atoms with E-state index in [4.69, 9.17) is 10.00 Å². The second-order valence-corrected chi connectivity index (χ2v) is 11.8. The van der Waals surface area contributed by atoms with Crippen molar-refractivity contribution in [2.45, 2.75) is 30.6 Å². The molecule has 190 valence electrons. The number of fused-ring (bicyclic) bond motifs is 1. The quantitative estimate of drug-likeness (QED) is 0.567. The molecule has 1 aliphatic carbocycles. The maximum absolute atomic E-state index is 13.4. The summed E-state index contributed by atoms with van der Waals surface area (Å²) in [5, 5.41) is 16.1. The van der Waals surface area contributed by atoms with Crippen LogP contribution in [0.5, 0.6) is 0 Å². The van der Waals surface area contributed by atoms with Gasteiger partial charge in [-0.25, -0.2) is 8.42 Å². The first-order valence-corrected chi connectivity index (χ1v) is 13.4. The minimum atomic E-state index is -3.55. The Kier molecular flexibility index (Phi) is 6.32. The molecule has 1 aromatic carbocycles. The molecule has 1 saturated carbocycles. The predicted molar refractivity (Wildman–Crippen MR) is 128 cm³/mol. The van der Waals surface area contributed by atoms with Crippen LogP contribution in [0.15, 0.2) is 24.3 Å². The maximum atomic E-state index is 13.4. The number of nitriles is 1. The number of nitrogens with zero attached hydrogens (tertiary/aromatic N) is 5. The van der Waals surface area contributed by atoms with Crippen molar-refractivity contribution in [1.29, 1.82) is 5.26 Å². The fraction of sp³-hybridized carbons (Fsp3) is 0.500. The molecule has 3 aliphatic rings. The minimum absolute atomic E-state index is 0.135. The number of aromatic nitrogens is 2. The van der Waals surface area contributed by atoms with E-state index in [-0.39, 0.29) is 30.6 Å². The van der Waals surface area contributed by atoms with E-state index in [2.05, 4.69) is 16.5 Å². The molecule has 1 saturated heterocycles. The van der Waals surface area contributed by atoms with Crippen LogP contribution in [0, 0.1) is 11.3 Å². The van der Waals surface area contributed by atoms with Gasteiger partial charge in [-0.15, -0.1) is 0 Å². The van der Waals surface area contributed by atoms with Crippen molar-refractivity contribution >= 4 is 21.8 Å². The average Bonchev–Trinajstić information content (AvgIpc) is 3.61. The van der Waals surface area contributed by atoms with Crippen molar-refractivity contribution in [2.24, 2.45) is 7.05 Å². The molecule has 2 aliphatic heterocycles. The highest BCUT2D eigenvalue weighted by Crippen LogP contribution is 2.46. The molecule has 11 nitrogen and oxygen atoms in total. The zero-order chi connectivity index (χ0) is 25.5. The second kappa shape index (κ2) is 9.31. The molecule has 5 rings (SSSR count). The number of aryl methyl sites for hydroxylation is 1. The lowest BCUT2D eigenvalue weighted by atomic mass is 10.0. The van der Waals surface area contributed by atoms with Crippen molar-refractivity contribution < 1.29 is 22.7 Å². The van der Waals surface area contributed by atoms with Gasteiger partial charge in [0.25, 0.3) is 11.8 Å². The van der Waals surface area contributed by atoms with E-state index < -0.39 is 14.8 Å². The highest BCUT2D eigenvalue weighted by molar-refractivity contribution is 7.90. The highest BCUT2D eigenvalue weighted by Gasteiger charge is 2.58. The third kappa shape index (κ3) is 4.27. The molecule has 0 spiro atoms. The standard InChI is InChI=1S/C24H28N6O5S/c1-28-21-19(20(27-28)22(31)26-15-18-4-2-17(14-25)3-5-18)6-9-29(23(21)32)16-24(7-8-24)36(33,34)30-10-12-35-13-11-30/h2-5H,6-13,15-16H2,1H3,(H,26,31). The summed E-state index contributed by atoms with van der Waals surface area (Å²) in [6, 6.07) is 8.96. The fourth-order valence-electron chi connectivity index (χ4n) is 4.91. The van der Waals surface area contributed by atoms with Crippen molar-refractivity contribution in [3.05, 3.63) is 52.3 Å². The van der Waals surface area contributed by atoms with Crippen LogP contribution in [-0.4, -0.2) is 83.4 Å². The number of hydrogen-bond donors (Lipinski definition) is 1. The summed E-state index contributed by atoms with van der Waals surface area (Å²) >= 11 is 0. The Morgan fingerprint density at radius 3 is 2.53 bits per heavy atom. The second-order valence-electron chi connectivity index (χ2n) is 9.47. The SMILES string of the molecule is Cn1nc(C(=O)NCc2ccc(C#N)cc2)c2c1C(=O)N(CC1(S(=O)(=O)N3CCOCC3)CC1)CC2. The van der Waals surface area contributed by atoms with Gasteiger partial charge in [0.2, 0.25) is 10.0 Å². The summed E-state index contributed by atoms with van der Waals surface area (Å²) in [6.07, 6.45) is 1.47. The predicted octanol–water partition coefficient (Wildman–Crippen LogP) is 0.415. The number of morpholine rings is 1. The maximum Gasteiger partial charge on any atom is 0.272 e. The summed E-state index contributed by atoms with van der Waals surface area (Å²) in [5.41, 5.74) is 2.49. The van der Waals surface area contributed by atoms with Crippen molar-refractivity contribution in [1.82, 2.24) is 24.3 Å². The van der Waals surface area contributed by atoms with Crippen LogP contribution in [0.2, 0.25) is 0 Å². The zero-order valence-electron chi connectivity index (χ0n) is 20.1. The van der Waals surface area contributed by atoms with Gasteiger partial charge in [0.1, 0.15) is 10.4 Å². The monoisotopic (exact) mass is 512 g/mol. The van der Waals surface area contributed by atoms with Gasteiger partial charge in [0, 0.05) is 45.3 Å². The normalized spacial score (nSPS) is 19.4. The lowest BCUT2D eigenvalue weighted by Crippen LogP contribution is -2.52. The number of benzene rings is 1. The van der Waals surface area contributed by atoms with E-state index >= 15 is 0 Å². The first-order valence-electron chi connectivity index (χ1n) is 12.0. The Hall–Kier alpha value is -3.27. The van der Waals surface area contributed by atoms with E-state index in [9.17, 15) is 18.0 Å². The van der Waals surface area contributed by atoms with Crippen LogP contribution in [0.4, 0.5) is 0 Å². The van der Waals surface area contributed by atoms with Crippen LogP contribution in [-0.2, 0) is 34.8 Å². The summed E-state index contributed by atoms with van der Waals surface area (Å²) < 4.78 is 33.9. The summed E-state index contributed by atoms with van der Waals surface area (Å²) in [6.45, 7) is 2.16. The van der Waals surface area contributed by atoms with Crippen LogP contribution in [0.25, 0.3) is 0 Å². The van der Waals surface area contributed by atoms with Gasteiger partial charge < -0.3 is 15.0 Å². The number of nitrogens with one attached hydrogen (secondary N) is 1. The van der Waals surface area contributed by atoms with E-state index in [0.29, 0.717) is 68.9 Å². The molecule has 2 aromatic rings. The lowest BCUT2D eigenvalue weighted by Gasteiger charge is -2.34. The summed E-state index contributed by atoms with van der Waals surface area (Å²) in [5.74, 6) is -0.688. The first kappa shape index (κ1) is 24.4. The number of amides is 2. The van der Waals surface area contributed by atoms with Gasteiger partial charge in [0.15, 0.2) is 5.69 Å². The molecular formula is C24H28N6O5S. The number of sulfonamides is 1. The van der Waals surface area contributed by atoms with E-state index in [1.54, 1.807) is 36.2 Å². The molecule has 0 radical (unpaired) electrons. The van der Waals surface area contributed by atoms with E-state index in [0.717, 1.165) is 5.56 Å².